The van der Waals surface area contributed by atoms with Crippen molar-refractivity contribution in [3.05, 3.63) is 99.0 Å². The number of halogens is 2. The van der Waals surface area contributed by atoms with E-state index in [1.807, 2.05) is 68.4 Å². The number of ether oxygens (including phenoxy) is 1. The summed E-state index contributed by atoms with van der Waals surface area (Å²) in [5.41, 5.74) is 3.04. The first-order valence-corrected chi connectivity index (χ1v) is 12.3. The molecule has 0 aliphatic heterocycles. The molecule has 3 aromatic carbocycles. The Kier molecular flexibility index (Phi) is 9.54. The van der Waals surface area contributed by atoms with Crippen LogP contribution in [0.2, 0.25) is 5.02 Å². The van der Waals surface area contributed by atoms with Gasteiger partial charge in [0.05, 0.1) is 4.47 Å². The molecule has 0 fully saturated rings. The zero-order chi connectivity index (χ0) is 24.5. The average Bonchev–Trinajstić information content (AvgIpc) is 2.82. The summed E-state index contributed by atoms with van der Waals surface area (Å²) < 4.78 is 6.46. The minimum absolute atomic E-state index is 0.195. The Morgan fingerprint density at radius 1 is 1.03 bits per heavy atom. The molecule has 0 spiro atoms. The van der Waals surface area contributed by atoms with Crippen molar-refractivity contribution in [2.24, 2.45) is 0 Å². The Morgan fingerprint density at radius 2 is 1.74 bits per heavy atom. The Bertz CT molecular complexity index is 1110. The molecular formula is C27H28BrClN2O3. The third-order valence-corrected chi connectivity index (χ3v) is 6.20. The van der Waals surface area contributed by atoms with Gasteiger partial charge in [0.15, 0.2) is 6.61 Å². The molecule has 3 aromatic rings. The SMILES string of the molecule is CCNC(=O)C(Cc1ccccc1)N(Cc1ccc(C)cc1)C(=O)COc1ccc(Cl)cc1Br. The van der Waals surface area contributed by atoms with E-state index in [9.17, 15) is 9.59 Å². The second-order valence-corrected chi connectivity index (χ2v) is 9.26. The number of nitrogens with zero attached hydrogens (tertiary/aromatic N) is 1. The van der Waals surface area contributed by atoms with E-state index in [1.54, 1.807) is 23.1 Å². The maximum atomic E-state index is 13.5. The third kappa shape index (κ3) is 7.34. The standard InChI is InChI=1S/C27H28BrClN2O3/c1-3-30-27(33)24(15-20-7-5-4-6-8-20)31(17-21-11-9-19(2)10-12-21)26(32)18-34-25-14-13-22(29)16-23(25)28/h4-14,16,24H,3,15,17-18H2,1-2H3,(H,30,33). The Morgan fingerprint density at radius 3 is 2.38 bits per heavy atom. The van der Waals surface area contributed by atoms with Crippen molar-refractivity contribution >= 4 is 39.3 Å². The lowest BCUT2D eigenvalue weighted by Gasteiger charge is -2.31. The number of likely N-dealkylation sites (N-methyl/N-ethyl adjacent to an activating group) is 1. The quantitative estimate of drug-likeness (QED) is 0.364. The maximum Gasteiger partial charge on any atom is 0.261 e. The number of benzene rings is 3. The van der Waals surface area contributed by atoms with Crippen LogP contribution in [0.25, 0.3) is 0 Å². The molecule has 34 heavy (non-hydrogen) atoms. The van der Waals surface area contributed by atoms with Crippen LogP contribution in [-0.2, 0) is 22.6 Å². The van der Waals surface area contributed by atoms with Crippen molar-refractivity contribution in [3.8, 4) is 5.75 Å². The lowest BCUT2D eigenvalue weighted by atomic mass is 10.0. The topological polar surface area (TPSA) is 58.6 Å². The molecule has 0 aliphatic rings. The molecule has 178 valence electrons. The van der Waals surface area contributed by atoms with Gasteiger partial charge >= 0.3 is 0 Å². The number of aryl methyl sites for hydroxylation is 1. The summed E-state index contributed by atoms with van der Waals surface area (Å²) in [6, 6.07) is 22.1. The fourth-order valence-electron chi connectivity index (χ4n) is 3.55. The zero-order valence-corrected chi connectivity index (χ0v) is 21.6. The highest BCUT2D eigenvalue weighted by Gasteiger charge is 2.30. The predicted octanol–water partition coefficient (Wildman–Crippen LogP) is 5.57. The minimum Gasteiger partial charge on any atom is -0.483 e. The monoisotopic (exact) mass is 542 g/mol. The van der Waals surface area contributed by atoms with Crippen molar-refractivity contribution in [1.29, 1.82) is 0 Å². The smallest absolute Gasteiger partial charge is 0.261 e. The Hall–Kier alpha value is -2.83. The van der Waals surface area contributed by atoms with Gasteiger partial charge in [0.25, 0.3) is 5.91 Å². The molecular weight excluding hydrogens is 516 g/mol. The van der Waals surface area contributed by atoms with Gasteiger partial charge in [-0.05, 0) is 59.1 Å². The lowest BCUT2D eigenvalue weighted by Crippen LogP contribution is -2.51. The predicted molar refractivity (Wildman–Crippen MR) is 139 cm³/mol. The molecule has 5 nitrogen and oxygen atoms in total. The summed E-state index contributed by atoms with van der Waals surface area (Å²) in [6.07, 6.45) is 0.398. The minimum atomic E-state index is -0.687. The molecule has 1 atom stereocenters. The van der Waals surface area contributed by atoms with Gasteiger partial charge in [-0.2, -0.15) is 0 Å². The fourth-order valence-corrected chi connectivity index (χ4v) is 4.35. The molecule has 7 heteroatoms. The summed E-state index contributed by atoms with van der Waals surface area (Å²) in [5, 5.41) is 3.45. The highest BCUT2D eigenvalue weighted by atomic mass is 79.9. The molecule has 0 aromatic heterocycles. The number of hydrogen-bond donors (Lipinski definition) is 1. The molecule has 2 amide bonds. The number of nitrogens with one attached hydrogen (secondary N) is 1. The van der Waals surface area contributed by atoms with Gasteiger partial charge in [-0.1, -0.05) is 71.8 Å². The van der Waals surface area contributed by atoms with Gasteiger partial charge in [0, 0.05) is 24.5 Å². The first-order valence-electron chi connectivity index (χ1n) is 11.1. The first-order chi connectivity index (χ1) is 16.4. The van der Waals surface area contributed by atoms with Crippen molar-refractivity contribution < 1.29 is 14.3 Å². The third-order valence-electron chi connectivity index (χ3n) is 5.34. The van der Waals surface area contributed by atoms with Crippen molar-refractivity contribution in [2.45, 2.75) is 32.9 Å². The number of amides is 2. The average molecular weight is 544 g/mol. The van der Waals surface area contributed by atoms with Gasteiger partial charge in [0.1, 0.15) is 11.8 Å². The van der Waals surface area contributed by atoms with Crippen LogP contribution in [0.5, 0.6) is 5.75 Å². The molecule has 0 aliphatic carbocycles. The second-order valence-electron chi connectivity index (χ2n) is 7.97. The summed E-state index contributed by atoms with van der Waals surface area (Å²) >= 11 is 9.42. The largest absolute Gasteiger partial charge is 0.483 e. The van der Waals surface area contributed by atoms with Gasteiger partial charge in [-0.3, -0.25) is 9.59 Å². The van der Waals surface area contributed by atoms with E-state index in [2.05, 4.69) is 21.2 Å². The zero-order valence-electron chi connectivity index (χ0n) is 19.3. The van der Waals surface area contributed by atoms with Crippen LogP contribution < -0.4 is 10.1 Å². The van der Waals surface area contributed by atoms with Gasteiger partial charge in [0.2, 0.25) is 5.91 Å². The van der Waals surface area contributed by atoms with Crippen LogP contribution in [-0.4, -0.2) is 35.9 Å². The van der Waals surface area contributed by atoms with E-state index >= 15 is 0 Å². The van der Waals surface area contributed by atoms with E-state index in [-0.39, 0.29) is 18.4 Å². The van der Waals surface area contributed by atoms with Crippen LogP contribution in [0.1, 0.15) is 23.6 Å². The van der Waals surface area contributed by atoms with E-state index in [1.165, 1.54) is 0 Å². The van der Waals surface area contributed by atoms with Crippen molar-refractivity contribution in [2.75, 3.05) is 13.2 Å². The van der Waals surface area contributed by atoms with Crippen LogP contribution in [0.4, 0.5) is 0 Å². The maximum absolute atomic E-state index is 13.5. The summed E-state index contributed by atoms with van der Waals surface area (Å²) in [4.78, 5) is 28.2. The van der Waals surface area contributed by atoms with E-state index in [4.69, 9.17) is 16.3 Å². The molecule has 0 saturated heterocycles. The Balaban J connectivity index is 1.89. The van der Waals surface area contributed by atoms with Gasteiger partial charge in [-0.15, -0.1) is 0 Å². The number of carbonyl (C=O) groups excluding carboxylic acids is 2. The van der Waals surface area contributed by atoms with Crippen molar-refractivity contribution in [1.82, 2.24) is 10.2 Å². The number of rotatable bonds is 10. The van der Waals surface area contributed by atoms with Crippen molar-refractivity contribution in [3.63, 3.8) is 0 Å². The van der Waals surface area contributed by atoms with Crippen LogP contribution in [0.15, 0.2) is 77.3 Å². The molecule has 0 saturated carbocycles. The summed E-state index contributed by atoms with van der Waals surface area (Å²) in [5.74, 6) is 0.0275. The van der Waals surface area contributed by atoms with Crippen LogP contribution >= 0.6 is 27.5 Å². The highest BCUT2D eigenvalue weighted by molar-refractivity contribution is 9.10. The first kappa shape index (κ1) is 25.8. The van der Waals surface area contributed by atoms with E-state index in [0.29, 0.717) is 34.8 Å². The fraction of sp³-hybridized carbons (Fsp3) is 0.259. The molecule has 0 radical (unpaired) electrons. The second kappa shape index (κ2) is 12.6. The lowest BCUT2D eigenvalue weighted by molar-refractivity contribution is -0.142. The molecule has 0 bridgehead atoms. The van der Waals surface area contributed by atoms with Crippen LogP contribution in [0, 0.1) is 6.92 Å². The van der Waals surface area contributed by atoms with Gasteiger partial charge < -0.3 is 15.0 Å². The number of hydrogen-bond acceptors (Lipinski definition) is 3. The molecule has 0 heterocycles. The highest BCUT2D eigenvalue weighted by Crippen LogP contribution is 2.28. The van der Waals surface area contributed by atoms with E-state index in [0.717, 1.165) is 16.7 Å². The molecule has 3 rings (SSSR count). The normalized spacial score (nSPS) is 11.5. The van der Waals surface area contributed by atoms with E-state index < -0.39 is 6.04 Å². The summed E-state index contributed by atoms with van der Waals surface area (Å²) in [7, 11) is 0. The Labute approximate surface area is 214 Å². The molecule has 1 N–H and O–H groups in total. The summed E-state index contributed by atoms with van der Waals surface area (Å²) in [6.45, 7) is 4.43. The van der Waals surface area contributed by atoms with Crippen LogP contribution in [0.3, 0.4) is 0 Å². The molecule has 1 unspecified atom stereocenters. The number of carbonyl (C=O) groups is 2. The van der Waals surface area contributed by atoms with Gasteiger partial charge in [-0.25, -0.2) is 0 Å².